The summed E-state index contributed by atoms with van der Waals surface area (Å²) in [5.41, 5.74) is 5.00. The summed E-state index contributed by atoms with van der Waals surface area (Å²) in [5.74, 6) is -0.00410. The predicted molar refractivity (Wildman–Crippen MR) is 122 cm³/mol. The molecule has 29 heavy (non-hydrogen) atoms. The maximum atomic E-state index is 13.6. The third kappa shape index (κ3) is 3.78. The van der Waals surface area contributed by atoms with Gasteiger partial charge in [-0.15, -0.1) is 0 Å². The highest BCUT2D eigenvalue weighted by Crippen LogP contribution is 2.34. The minimum Gasteiger partial charge on any atom is -0.360 e. The molecule has 4 aromatic rings. The van der Waals surface area contributed by atoms with Crippen LogP contribution in [0.25, 0.3) is 21.1 Å². The van der Waals surface area contributed by atoms with Gasteiger partial charge in [-0.3, -0.25) is 9.69 Å². The molecule has 0 spiro atoms. The normalized spacial score (nSPS) is 11.6. The first-order valence-electron chi connectivity index (χ1n) is 9.85. The summed E-state index contributed by atoms with van der Waals surface area (Å²) in [6.07, 6.45) is 2.70. The van der Waals surface area contributed by atoms with Crippen molar-refractivity contribution in [3.63, 3.8) is 0 Å². The second-order valence-electron chi connectivity index (χ2n) is 7.74. The molecule has 2 heterocycles. The maximum Gasteiger partial charge on any atom is 0.262 e. The summed E-state index contributed by atoms with van der Waals surface area (Å²) in [6, 6.07) is 12.1. The fourth-order valence-electron chi connectivity index (χ4n) is 3.59. The maximum absolute atomic E-state index is 13.6. The Hall–Kier alpha value is -2.70. The number of H-pyrrole nitrogens is 1. The van der Waals surface area contributed by atoms with Gasteiger partial charge in [0.25, 0.3) is 5.91 Å². The minimum atomic E-state index is -0.00410. The average Bonchev–Trinajstić information content (AvgIpc) is 3.33. The number of hydrogen-bond donors (Lipinski definition) is 1. The Bertz CT molecular complexity index is 1140. The van der Waals surface area contributed by atoms with E-state index in [9.17, 15) is 4.79 Å². The highest BCUT2D eigenvalue weighted by molar-refractivity contribution is 7.22. The zero-order valence-corrected chi connectivity index (χ0v) is 18.1. The van der Waals surface area contributed by atoms with Crippen molar-refractivity contribution in [2.75, 3.05) is 32.1 Å². The molecule has 0 fully saturated rings. The number of rotatable bonds is 6. The summed E-state index contributed by atoms with van der Waals surface area (Å²) >= 11 is 1.61. The van der Waals surface area contributed by atoms with E-state index in [4.69, 9.17) is 4.98 Å². The fraction of sp³-hybridized carbons (Fsp3) is 0.304. The van der Waals surface area contributed by atoms with Crippen LogP contribution in [-0.2, 0) is 0 Å². The molecule has 4 rings (SSSR count). The van der Waals surface area contributed by atoms with E-state index in [-0.39, 0.29) is 5.91 Å². The standard InChI is InChI=1S/C23H26N4OS/c1-15-10-11-16(2)21-20(15)25-23(29-21)27(13-7-12-26(3)4)22(28)18-14-24-19-9-6-5-8-17(18)19/h5-6,8-11,14,24H,7,12-13H2,1-4H3. The summed E-state index contributed by atoms with van der Waals surface area (Å²) in [6.45, 7) is 5.72. The number of hydrogen-bond acceptors (Lipinski definition) is 4. The number of carbonyl (C=O) groups is 1. The largest absolute Gasteiger partial charge is 0.360 e. The van der Waals surface area contributed by atoms with Gasteiger partial charge in [-0.1, -0.05) is 41.7 Å². The molecule has 150 valence electrons. The molecule has 6 heteroatoms. The van der Waals surface area contributed by atoms with Crippen LogP contribution in [-0.4, -0.2) is 48.0 Å². The lowest BCUT2D eigenvalue weighted by molar-refractivity contribution is 0.0987. The molecule has 0 radical (unpaired) electrons. The van der Waals surface area contributed by atoms with Gasteiger partial charge in [0.05, 0.1) is 15.8 Å². The molecule has 0 aliphatic heterocycles. The number of amides is 1. The Kier molecular flexibility index (Phi) is 5.39. The molecule has 1 amide bonds. The van der Waals surface area contributed by atoms with E-state index in [1.165, 1.54) is 5.56 Å². The first kappa shape index (κ1) is 19.6. The van der Waals surface area contributed by atoms with Gasteiger partial charge in [0, 0.05) is 23.6 Å². The molecule has 2 aromatic carbocycles. The lowest BCUT2D eigenvalue weighted by Gasteiger charge is -2.20. The van der Waals surface area contributed by atoms with Crippen molar-refractivity contribution in [3.05, 3.63) is 59.3 Å². The van der Waals surface area contributed by atoms with Gasteiger partial charge in [-0.05, 0) is 58.1 Å². The van der Waals surface area contributed by atoms with Gasteiger partial charge in [0.1, 0.15) is 0 Å². The summed E-state index contributed by atoms with van der Waals surface area (Å²) in [4.78, 5) is 25.7. The Morgan fingerprint density at radius 2 is 1.83 bits per heavy atom. The van der Waals surface area contributed by atoms with E-state index >= 15 is 0 Å². The lowest BCUT2D eigenvalue weighted by Crippen LogP contribution is -2.33. The van der Waals surface area contributed by atoms with E-state index in [2.05, 4.69) is 50.0 Å². The van der Waals surface area contributed by atoms with Crippen molar-refractivity contribution in [3.8, 4) is 0 Å². The second-order valence-corrected chi connectivity index (χ2v) is 8.71. The number of nitrogens with zero attached hydrogens (tertiary/aromatic N) is 3. The number of aromatic nitrogens is 2. The van der Waals surface area contributed by atoms with Crippen molar-refractivity contribution in [1.82, 2.24) is 14.9 Å². The molecule has 0 saturated carbocycles. The Morgan fingerprint density at radius 3 is 2.59 bits per heavy atom. The molecular formula is C23H26N4OS. The molecular weight excluding hydrogens is 380 g/mol. The number of aryl methyl sites for hydroxylation is 2. The zero-order valence-electron chi connectivity index (χ0n) is 17.3. The van der Waals surface area contributed by atoms with Crippen LogP contribution in [0.15, 0.2) is 42.6 Å². The van der Waals surface area contributed by atoms with Gasteiger partial charge < -0.3 is 9.88 Å². The summed E-state index contributed by atoms with van der Waals surface area (Å²) < 4.78 is 1.16. The van der Waals surface area contributed by atoms with Crippen LogP contribution in [0.4, 0.5) is 5.13 Å². The minimum absolute atomic E-state index is 0.00410. The molecule has 0 atom stereocenters. The lowest BCUT2D eigenvalue weighted by atomic mass is 10.1. The van der Waals surface area contributed by atoms with E-state index in [0.29, 0.717) is 12.1 Å². The van der Waals surface area contributed by atoms with E-state index < -0.39 is 0 Å². The van der Waals surface area contributed by atoms with Crippen molar-refractivity contribution in [1.29, 1.82) is 0 Å². The summed E-state index contributed by atoms with van der Waals surface area (Å²) in [5, 5.41) is 1.72. The van der Waals surface area contributed by atoms with Gasteiger partial charge in [0.2, 0.25) is 0 Å². The van der Waals surface area contributed by atoms with Gasteiger partial charge in [-0.25, -0.2) is 4.98 Å². The number of para-hydroxylation sites is 1. The first-order valence-corrected chi connectivity index (χ1v) is 10.7. The van der Waals surface area contributed by atoms with E-state index in [1.807, 2.05) is 35.4 Å². The van der Waals surface area contributed by atoms with Gasteiger partial charge in [0.15, 0.2) is 5.13 Å². The van der Waals surface area contributed by atoms with Crippen molar-refractivity contribution < 1.29 is 4.79 Å². The molecule has 0 saturated heterocycles. The predicted octanol–water partition coefficient (Wildman–Crippen LogP) is 4.99. The van der Waals surface area contributed by atoms with Crippen molar-refractivity contribution >= 4 is 43.5 Å². The second kappa shape index (κ2) is 7.97. The number of nitrogens with one attached hydrogen (secondary N) is 1. The number of anilines is 1. The molecule has 2 aromatic heterocycles. The topological polar surface area (TPSA) is 52.2 Å². The van der Waals surface area contributed by atoms with Crippen LogP contribution in [0.3, 0.4) is 0 Å². The Balaban J connectivity index is 1.76. The summed E-state index contributed by atoms with van der Waals surface area (Å²) in [7, 11) is 4.10. The number of carbonyl (C=O) groups excluding carboxylic acids is 1. The van der Waals surface area contributed by atoms with Crippen LogP contribution < -0.4 is 4.90 Å². The Morgan fingerprint density at radius 1 is 1.07 bits per heavy atom. The Labute approximate surface area is 175 Å². The monoisotopic (exact) mass is 406 g/mol. The molecule has 0 aliphatic carbocycles. The van der Waals surface area contributed by atoms with Crippen molar-refractivity contribution in [2.24, 2.45) is 0 Å². The number of thiazole rings is 1. The number of benzene rings is 2. The highest BCUT2D eigenvalue weighted by Gasteiger charge is 2.24. The molecule has 0 bridgehead atoms. The number of fused-ring (bicyclic) bond motifs is 2. The van der Waals surface area contributed by atoms with E-state index in [1.54, 1.807) is 11.3 Å². The van der Waals surface area contributed by atoms with Gasteiger partial charge >= 0.3 is 0 Å². The zero-order chi connectivity index (χ0) is 20.5. The van der Waals surface area contributed by atoms with Crippen LogP contribution in [0.1, 0.15) is 27.9 Å². The third-order valence-electron chi connectivity index (χ3n) is 5.21. The third-order valence-corrected chi connectivity index (χ3v) is 6.43. The fourth-order valence-corrected chi connectivity index (χ4v) is 4.72. The highest BCUT2D eigenvalue weighted by atomic mass is 32.1. The average molecular weight is 407 g/mol. The van der Waals surface area contributed by atoms with Crippen LogP contribution in [0.5, 0.6) is 0 Å². The van der Waals surface area contributed by atoms with Crippen molar-refractivity contribution in [2.45, 2.75) is 20.3 Å². The quantitative estimate of drug-likeness (QED) is 0.491. The number of aromatic amines is 1. The van der Waals surface area contributed by atoms with Crippen LogP contribution in [0, 0.1) is 13.8 Å². The SMILES string of the molecule is Cc1ccc(C)c2sc(N(CCCN(C)C)C(=O)c3c[nH]c4ccccc34)nc12. The molecule has 1 N–H and O–H groups in total. The molecule has 5 nitrogen and oxygen atoms in total. The smallest absolute Gasteiger partial charge is 0.262 e. The van der Waals surface area contributed by atoms with Crippen LogP contribution in [0.2, 0.25) is 0 Å². The first-order chi connectivity index (χ1) is 14.0. The molecule has 0 unspecified atom stereocenters. The van der Waals surface area contributed by atoms with E-state index in [0.717, 1.165) is 44.8 Å². The molecule has 0 aliphatic rings. The van der Waals surface area contributed by atoms with Gasteiger partial charge in [-0.2, -0.15) is 0 Å². The van der Waals surface area contributed by atoms with Crippen LogP contribution >= 0.6 is 11.3 Å².